The number of aryl methyl sites for hydroxylation is 2. The van der Waals surface area contributed by atoms with Crippen LogP contribution in [0.4, 0.5) is 0 Å². The highest BCUT2D eigenvalue weighted by Crippen LogP contribution is 2.29. The molecule has 2 aliphatic heterocycles. The molecule has 2 saturated heterocycles. The zero-order valence-electron chi connectivity index (χ0n) is 16.5. The standard InChI is InChI=1S/C19H33ClN4O2/c1-5-18-17(19(20)22(4)21-18)11-24-9-15(16(10-24)12-25)8-23-6-13(2)26-14(3)7-23/h13-16,25H,5-12H2,1-4H3/t13-,14+,15-,16-/m1/s1. The van der Waals surface area contributed by atoms with Crippen LogP contribution in [0, 0.1) is 11.8 Å². The molecule has 1 aromatic heterocycles. The van der Waals surface area contributed by atoms with Gasteiger partial charge in [0.15, 0.2) is 0 Å². The summed E-state index contributed by atoms with van der Waals surface area (Å²) in [4.78, 5) is 4.94. The van der Waals surface area contributed by atoms with Crippen LogP contribution in [0.3, 0.4) is 0 Å². The molecule has 148 valence electrons. The number of aliphatic hydroxyl groups is 1. The molecule has 0 radical (unpaired) electrons. The molecule has 0 saturated carbocycles. The highest BCUT2D eigenvalue weighted by molar-refractivity contribution is 6.30. The molecular weight excluding hydrogens is 352 g/mol. The Labute approximate surface area is 162 Å². The molecule has 1 N–H and O–H groups in total. The predicted molar refractivity (Wildman–Crippen MR) is 103 cm³/mol. The number of nitrogens with zero attached hydrogens (tertiary/aromatic N) is 4. The van der Waals surface area contributed by atoms with E-state index in [2.05, 4.69) is 35.7 Å². The normalized spacial score (nSPS) is 31.0. The highest BCUT2D eigenvalue weighted by Gasteiger charge is 2.35. The molecule has 3 heterocycles. The van der Waals surface area contributed by atoms with Crippen LogP contribution in [0.5, 0.6) is 0 Å². The van der Waals surface area contributed by atoms with Gasteiger partial charge in [0.05, 0.1) is 17.9 Å². The monoisotopic (exact) mass is 384 g/mol. The van der Waals surface area contributed by atoms with E-state index in [1.165, 1.54) is 0 Å². The van der Waals surface area contributed by atoms with Gasteiger partial charge in [0.1, 0.15) is 5.15 Å². The second kappa shape index (κ2) is 8.57. The van der Waals surface area contributed by atoms with Crippen molar-refractivity contribution in [3.63, 3.8) is 0 Å². The molecule has 0 unspecified atom stereocenters. The molecule has 0 bridgehead atoms. The number of rotatable bonds is 6. The second-order valence-electron chi connectivity index (χ2n) is 8.07. The Hall–Kier alpha value is -0.660. The van der Waals surface area contributed by atoms with Crippen LogP contribution >= 0.6 is 11.6 Å². The summed E-state index contributed by atoms with van der Waals surface area (Å²) in [5.41, 5.74) is 2.22. The van der Waals surface area contributed by atoms with Gasteiger partial charge in [-0.1, -0.05) is 18.5 Å². The van der Waals surface area contributed by atoms with Crippen molar-refractivity contribution in [2.45, 2.75) is 45.9 Å². The topological polar surface area (TPSA) is 53.8 Å². The fourth-order valence-electron chi connectivity index (χ4n) is 4.61. The summed E-state index contributed by atoms with van der Waals surface area (Å²) in [5.74, 6) is 0.807. The van der Waals surface area contributed by atoms with Crippen LogP contribution in [-0.4, -0.2) is 76.2 Å². The molecule has 3 rings (SSSR count). The van der Waals surface area contributed by atoms with Crippen molar-refractivity contribution in [2.24, 2.45) is 18.9 Å². The first-order chi connectivity index (χ1) is 12.4. The van der Waals surface area contributed by atoms with E-state index in [1.54, 1.807) is 4.68 Å². The van der Waals surface area contributed by atoms with E-state index in [1.807, 2.05) is 7.05 Å². The van der Waals surface area contributed by atoms with Crippen LogP contribution in [0.1, 0.15) is 32.0 Å². The average Bonchev–Trinajstić information content (AvgIpc) is 3.09. The quantitative estimate of drug-likeness (QED) is 0.810. The maximum atomic E-state index is 9.90. The molecule has 4 atom stereocenters. The van der Waals surface area contributed by atoms with Crippen molar-refractivity contribution in [1.82, 2.24) is 19.6 Å². The Bertz CT molecular complexity index is 599. The average molecular weight is 385 g/mol. The molecule has 0 aliphatic carbocycles. The SMILES string of the molecule is CCc1nn(C)c(Cl)c1CN1C[C@H](CO)[C@H](CN2C[C@@H](C)O[C@@H](C)C2)C1. The zero-order chi connectivity index (χ0) is 18.8. The number of aromatic nitrogens is 2. The first kappa shape index (κ1) is 20.1. The minimum Gasteiger partial charge on any atom is -0.396 e. The van der Waals surface area contributed by atoms with Gasteiger partial charge in [-0.25, -0.2) is 0 Å². The molecule has 7 heteroatoms. The van der Waals surface area contributed by atoms with E-state index in [0.717, 1.165) is 62.1 Å². The van der Waals surface area contributed by atoms with Crippen LogP contribution in [0.15, 0.2) is 0 Å². The molecule has 0 spiro atoms. The molecule has 0 aromatic carbocycles. The van der Waals surface area contributed by atoms with Crippen LogP contribution in [0.25, 0.3) is 0 Å². The van der Waals surface area contributed by atoms with Crippen molar-refractivity contribution in [3.8, 4) is 0 Å². The number of morpholine rings is 1. The van der Waals surface area contributed by atoms with Crippen molar-refractivity contribution in [1.29, 1.82) is 0 Å². The number of hydrogen-bond acceptors (Lipinski definition) is 5. The summed E-state index contributed by atoms with van der Waals surface area (Å²) in [6.45, 7) is 12.4. The van der Waals surface area contributed by atoms with Crippen LogP contribution in [-0.2, 0) is 24.8 Å². The van der Waals surface area contributed by atoms with Gasteiger partial charge in [0, 0.05) is 58.5 Å². The minimum absolute atomic E-state index is 0.248. The summed E-state index contributed by atoms with van der Waals surface area (Å²) in [6, 6.07) is 0. The minimum atomic E-state index is 0.248. The number of aliphatic hydroxyl groups excluding tert-OH is 1. The van der Waals surface area contributed by atoms with Gasteiger partial charge in [-0.05, 0) is 32.1 Å². The van der Waals surface area contributed by atoms with E-state index < -0.39 is 0 Å². The summed E-state index contributed by atoms with van der Waals surface area (Å²) in [7, 11) is 1.90. The fourth-order valence-corrected chi connectivity index (χ4v) is 4.81. The molecule has 2 aliphatic rings. The summed E-state index contributed by atoms with van der Waals surface area (Å²) in [5, 5.41) is 15.2. The Morgan fingerprint density at radius 2 is 1.77 bits per heavy atom. The van der Waals surface area contributed by atoms with Gasteiger partial charge < -0.3 is 9.84 Å². The Balaban J connectivity index is 1.64. The van der Waals surface area contributed by atoms with Gasteiger partial charge in [-0.2, -0.15) is 5.10 Å². The largest absolute Gasteiger partial charge is 0.396 e. The first-order valence-corrected chi connectivity index (χ1v) is 10.2. The number of halogens is 1. The smallest absolute Gasteiger partial charge is 0.131 e. The lowest BCUT2D eigenvalue weighted by molar-refractivity contribution is -0.0727. The number of hydrogen-bond donors (Lipinski definition) is 1. The molecule has 26 heavy (non-hydrogen) atoms. The molecule has 2 fully saturated rings. The Morgan fingerprint density at radius 3 is 2.38 bits per heavy atom. The number of likely N-dealkylation sites (tertiary alicyclic amines) is 1. The summed E-state index contributed by atoms with van der Waals surface area (Å²) < 4.78 is 7.62. The van der Waals surface area contributed by atoms with Gasteiger partial charge in [-0.3, -0.25) is 14.5 Å². The Morgan fingerprint density at radius 1 is 1.12 bits per heavy atom. The second-order valence-corrected chi connectivity index (χ2v) is 8.42. The Kier molecular flexibility index (Phi) is 6.62. The van der Waals surface area contributed by atoms with E-state index in [4.69, 9.17) is 16.3 Å². The lowest BCUT2D eigenvalue weighted by Crippen LogP contribution is -2.48. The van der Waals surface area contributed by atoms with Crippen molar-refractivity contribution < 1.29 is 9.84 Å². The van der Waals surface area contributed by atoms with Crippen LogP contribution < -0.4 is 0 Å². The van der Waals surface area contributed by atoms with E-state index in [-0.39, 0.29) is 18.8 Å². The van der Waals surface area contributed by atoms with Gasteiger partial charge in [0.25, 0.3) is 0 Å². The van der Waals surface area contributed by atoms with Gasteiger partial charge in [-0.15, -0.1) is 0 Å². The third kappa shape index (κ3) is 4.42. The third-order valence-corrected chi connectivity index (χ3v) is 6.22. The first-order valence-electron chi connectivity index (χ1n) is 9.82. The van der Waals surface area contributed by atoms with Crippen molar-refractivity contribution >= 4 is 11.6 Å². The van der Waals surface area contributed by atoms with Crippen molar-refractivity contribution in [2.75, 3.05) is 39.3 Å². The summed E-state index contributed by atoms with van der Waals surface area (Å²) in [6.07, 6.45) is 1.45. The van der Waals surface area contributed by atoms with E-state index >= 15 is 0 Å². The third-order valence-electron chi connectivity index (χ3n) is 5.74. The maximum absolute atomic E-state index is 9.90. The van der Waals surface area contributed by atoms with Crippen LogP contribution in [0.2, 0.25) is 5.15 Å². The van der Waals surface area contributed by atoms with Gasteiger partial charge in [0.2, 0.25) is 0 Å². The highest BCUT2D eigenvalue weighted by atomic mass is 35.5. The molecule has 1 aromatic rings. The fraction of sp³-hybridized carbons (Fsp3) is 0.842. The maximum Gasteiger partial charge on any atom is 0.131 e. The van der Waals surface area contributed by atoms with E-state index in [0.29, 0.717) is 11.8 Å². The lowest BCUT2D eigenvalue weighted by Gasteiger charge is -2.37. The zero-order valence-corrected chi connectivity index (χ0v) is 17.2. The van der Waals surface area contributed by atoms with E-state index in [9.17, 15) is 5.11 Å². The van der Waals surface area contributed by atoms with Crippen molar-refractivity contribution in [3.05, 3.63) is 16.4 Å². The molecule has 6 nitrogen and oxygen atoms in total. The lowest BCUT2D eigenvalue weighted by atomic mass is 9.96. The molecular formula is C19H33ClN4O2. The molecule has 0 amide bonds. The predicted octanol–water partition coefficient (Wildman–Crippen LogP) is 1.79. The van der Waals surface area contributed by atoms with Gasteiger partial charge >= 0.3 is 0 Å². The summed E-state index contributed by atoms with van der Waals surface area (Å²) >= 11 is 6.47. The number of ether oxygens (including phenoxy) is 1.